The summed E-state index contributed by atoms with van der Waals surface area (Å²) in [4.78, 5) is 10.3. The van der Waals surface area contributed by atoms with Crippen LogP contribution in [0, 0.1) is 0 Å². The van der Waals surface area contributed by atoms with Crippen molar-refractivity contribution >= 4 is 40.1 Å². The SMILES string of the molecule is Nc1nc(NC2Cc3ccccc3N(Cc3cc(Cl)ccc3C(F)(F)F)C2)c2cn[nH]c2n1. The zero-order valence-electron chi connectivity index (χ0n) is 17.2. The largest absolute Gasteiger partial charge is 0.416 e. The first kappa shape index (κ1) is 21.3. The van der Waals surface area contributed by atoms with Crippen molar-refractivity contribution in [3.63, 3.8) is 0 Å². The van der Waals surface area contributed by atoms with Crippen LogP contribution in [0.1, 0.15) is 16.7 Å². The summed E-state index contributed by atoms with van der Waals surface area (Å²) in [6, 6.07) is 11.2. The van der Waals surface area contributed by atoms with Gasteiger partial charge in [0.15, 0.2) is 5.65 Å². The van der Waals surface area contributed by atoms with Crippen molar-refractivity contribution in [2.24, 2.45) is 0 Å². The first-order valence-electron chi connectivity index (χ1n) is 10.2. The van der Waals surface area contributed by atoms with Crippen LogP contribution in [0.25, 0.3) is 11.0 Å². The van der Waals surface area contributed by atoms with Gasteiger partial charge in [0.2, 0.25) is 5.95 Å². The quantitative estimate of drug-likeness (QED) is 0.399. The van der Waals surface area contributed by atoms with Gasteiger partial charge in [-0.15, -0.1) is 0 Å². The van der Waals surface area contributed by atoms with Gasteiger partial charge in [0, 0.05) is 29.8 Å². The maximum Gasteiger partial charge on any atom is 0.416 e. The highest BCUT2D eigenvalue weighted by molar-refractivity contribution is 6.30. The lowest BCUT2D eigenvalue weighted by molar-refractivity contribution is -0.138. The molecule has 0 bridgehead atoms. The highest BCUT2D eigenvalue weighted by Crippen LogP contribution is 2.36. The monoisotopic (exact) mass is 473 g/mol. The number of hydrogen-bond acceptors (Lipinski definition) is 6. The molecule has 0 saturated carbocycles. The molecule has 2 aromatic heterocycles. The van der Waals surface area contributed by atoms with Crippen LogP contribution in [0.15, 0.2) is 48.7 Å². The van der Waals surface area contributed by atoms with Crippen LogP contribution in [0.3, 0.4) is 0 Å². The lowest BCUT2D eigenvalue weighted by Gasteiger charge is -2.37. The van der Waals surface area contributed by atoms with Gasteiger partial charge in [0.1, 0.15) is 5.82 Å². The number of aromatic amines is 1. The molecule has 1 unspecified atom stereocenters. The van der Waals surface area contributed by atoms with Crippen molar-refractivity contribution in [1.29, 1.82) is 0 Å². The third-order valence-corrected chi connectivity index (χ3v) is 5.88. The Bertz CT molecular complexity index is 1320. The van der Waals surface area contributed by atoms with Crippen molar-refractivity contribution < 1.29 is 13.2 Å². The van der Waals surface area contributed by atoms with Gasteiger partial charge in [-0.05, 0) is 41.8 Å². The van der Waals surface area contributed by atoms with Gasteiger partial charge >= 0.3 is 6.18 Å². The lowest BCUT2D eigenvalue weighted by atomic mass is 9.96. The fourth-order valence-electron chi connectivity index (χ4n) is 4.26. The Labute approximate surface area is 191 Å². The van der Waals surface area contributed by atoms with Crippen LogP contribution in [0.5, 0.6) is 0 Å². The van der Waals surface area contributed by atoms with Crippen LogP contribution in [0.4, 0.5) is 30.6 Å². The molecule has 0 fully saturated rings. The van der Waals surface area contributed by atoms with E-state index in [4.69, 9.17) is 17.3 Å². The minimum absolute atomic E-state index is 0.0532. The number of nitrogens with two attached hydrogens (primary N) is 1. The molecule has 11 heteroatoms. The number of H-pyrrole nitrogens is 1. The second-order valence-electron chi connectivity index (χ2n) is 7.92. The topological polar surface area (TPSA) is 95.7 Å². The highest BCUT2D eigenvalue weighted by atomic mass is 35.5. The van der Waals surface area contributed by atoms with E-state index < -0.39 is 11.7 Å². The standard InChI is InChI=1S/C22H19ClF3N7/c23-14-5-6-17(22(24,25)26)13(7-14)10-33-11-15(8-12-3-1-2-4-18(12)33)29-19-16-9-28-32-20(16)31-21(27)30-19/h1-7,9,15H,8,10-11H2,(H4,27,28,29,30,31,32). The van der Waals surface area contributed by atoms with E-state index in [1.807, 2.05) is 29.2 Å². The van der Waals surface area contributed by atoms with Gasteiger partial charge in [-0.25, -0.2) is 0 Å². The summed E-state index contributed by atoms with van der Waals surface area (Å²) < 4.78 is 40.9. The summed E-state index contributed by atoms with van der Waals surface area (Å²) in [6.07, 6.45) is -2.21. The fraction of sp³-hybridized carbons (Fsp3) is 0.227. The third-order valence-electron chi connectivity index (χ3n) is 5.64. The van der Waals surface area contributed by atoms with Crippen molar-refractivity contribution in [2.45, 2.75) is 25.2 Å². The molecular weight excluding hydrogens is 455 g/mol. The van der Waals surface area contributed by atoms with Crippen LogP contribution >= 0.6 is 11.6 Å². The molecule has 0 saturated heterocycles. The summed E-state index contributed by atoms with van der Waals surface area (Å²) in [5, 5.41) is 11.1. The van der Waals surface area contributed by atoms with E-state index >= 15 is 0 Å². The van der Waals surface area contributed by atoms with Crippen molar-refractivity contribution in [3.05, 3.63) is 70.4 Å². The van der Waals surface area contributed by atoms with E-state index in [0.717, 1.165) is 17.3 Å². The summed E-state index contributed by atoms with van der Waals surface area (Å²) in [6.45, 7) is 0.502. The molecule has 0 radical (unpaired) electrons. The average Bonchev–Trinajstić information content (AvgIpc) is 3.21. The van der Waals surface area contributed by atoms with Gasteiger partial charge in [-0.3, -0.25) is 5.10 Å². The lowest BCUT2D eigenvalue weighted by Crippen LogP contribution is -2.42. The molecule has 1 aliphatic heterocycles. The summed E-state index contributed by atoms with van der Waals surface area (Å²) in [5.41, 5.74) is 7.67. The number of para-hydroxylation sites is 1. The van der Waals surface area contributed by atoms with E-state index in [2.05, 4.69) is 25.5 Å². The molecule has 1 atom stereocenters. The van der Waals surface area contributed by atoms with E-state index in [1.54, 1.807) is 6.20 Å². The molecule has 3 heterocycles. The number of halogens is 4. The molecule has 0 amide bonds. The molecule has 170 valence electrons. The molecule has 2 aromatic carbocycles. The molecule has 5 rings (SSSR count). The number of rotatable bonds is 4. The Morgan fingerprint density at radius 1 is 1.18 bits per heavy atom. The molecule has 7 nitrogen and oxygen atoms in total. The number of hydrogen-bond donors (Lipinski definition) is 3. The predicted octanol–water partition coefficient (Wildman–Crippen LogP) is 4.65. The third kappa shape index (κ3) is 4.25. The summed E-state index contributed by atoms with van der Waals surface area (Å²) in [7, 11) is 0. The Balaban J connectivity index is 1.48. The Morgan fingerprint density at radius 2 is 2.00 bits per heavy atom. The summed E-state index contributed by atoms with van der Waals surface area (Å²) >= 11 is 6.05. The van der Waals surface area contributed by atoms with Crippen molar-refractivity contribution in [1.82, 2.24) is 20.2 Å². The molecule has 33 heavy (non-hydrogen) atoms. The second-order valence-corrected chi connectivity index (χ2v) is 8.35. The number of nitrogens with zero attached hydrogens (tertiary/aromatic N) is 4. The molecule has 0 spiro atoms. The Morgan fingerprint density at radius 3 is 2.82 bits per heavy atom. The zero-order valence-corrected chi connectivity index (χ0v) is 18.0. The van der Waals surface area contributed by atoms with E-state index in [-0.39, 0.29) is 29.1 Å². The van der Waals surface area contributed by atoms with E-state index in [1.165, 1.54) is 12.1 Å². The highest BCUT2D eigenvalue weighted by Gasteiger charge is 2.34. The number of anilines is 3. The fourth-order valence-corrected chi connectivity index (χ4v) is 4.46. The van der Waals surface area contributed by atoms with Crippen molar-refractivity contribution in [2.75, 3.05) is 22.5 Å². The molecule has 4 aromatic rings. The maximum atomic E-state index is 13.6. The van der Waals surface area contributed by atoms with Crippen LogP contribution < -0.4 is 16.0 Å². The average molecular weight is 474 g/mol. The first-order valence-corrected chi connectivity index (χ1v) is 10.6. The Hall–Kier alpha value is -3.53. The van der Waals surface area contributed by atoms with E-state index in [9.17, 15) is 13.2 Å². The van der Waals surface area contributed by atoms with Gasteiger partial charge in [-0.1, -0.05) is 29.8 Å². The maximum absolute atomic E-state index is 13.6. The molecular formula is C22H19ClF3N7. The van der Waals surface area contributed by atoms with Gasteiger partial charge in [0.25, 0.3) is 0 Å². The first-order chi connectivity index (χ1) is 15.8. The minimum Gasteiger partial charge on any atom is -0.368 e. The Kier molecular flexibility index (Phi) is 5.24. The second kappa shape index (κ2) is 8.11. The van der Waals surface area contributed by atoms with Crippen LogP contribution in [-0.2, 0) is 19.1 Å². The van der Waals surface area contributed by atoms with Crippen LogP contribution in [0.2, 0.25) is 5.02 Å². The van der Waals surface area contributed by atoms with Crippen molar-refractivity contribution in [3.8, 4) is 0 Å². The number of aromatic nitrogens is 4. The normalized spacial score (nSPS) is 16.1. The minimum atomic E-state index is -4.47. The molecule has 4 N–H and O–H groups in total. The smallest absolute Gasteiger partial charge is 0.368 e. The van der Waals surface area contributed by atoms with Gasteiger partial charge in [-0.2, -0.15) is 28.2 Å². The summed E-state index contributed by atoms with van der Waals surface area (Å²) in [5.74, 6) is 0.616. The number of benzene rings is 2. The van der Waals surface area contributed by atoms with Gasteiger partial charge < -0.3 is 16.0 Å². The number of nitrogen functional groups attached to an aromatic ring is 1. The van der Waals surface area contributed by atoms with Gasteiger partial charge in [0.05, 0.1) is 17.1 Å². The molecule has 1 aliphatic rings. The molecule has 0 aliphatic carbocycles. The predicted molar refractivity (Wildman–Crippen MR) is 121 cm³/mol. The number of nitrogens with one attached hydrogen (secondary N) is 2. The number of fused-ring (bicyclic) bond motifs is 2. The zero-order chi connectivity index (χ0) is 23.2. The number of alkyl halides is 3. The van der Waals surface area contributed by atoms with Crippen LogP contribution in [-0.4, -0.2) is 32.8 Å². The van der Waals surface area contributed by atoms with E-state index in [0.29, 0.717) is 29.8 Å².